The highest BCUT2D eigenvalue weighted by atomic mass is 32.2. The molecule has 1 atom stereocenters. The van der Waals surface area contributed by atoms with Gasteiger partial charge >= 0.3 is 6.18 Å². The topological polar surface area (TPSA) is 126 Å². The second-order valence-electron chi connectivity index (χ2n) is 10.2. The first-order chi connectivity index (χ1) is 16.4. The van der Waals surface area contributed by atoms with Gasteiger partial charge in [0.15, 0.2) is 20.5 Å². The summed E-state index contributed by atoms with van der Waals surface area (Å²) in [6.45, 7) is 7.77. The fraction of sp³-hybridized carbons (Fsp3) is 0.440. The molecule has 0 radical (unpaired) electrons. The highest BCUT2D eigenvalue weighted by Crippen LogP contribution is 2.44. The van der Waals surface area contributed by atoms with Gasteiger partial charge in [0.2, 0.25) is 5.91 Å². The van der Waals surface area contributed by atoms with Crippen LogP contribution in [0.15, 0.2) is 41.6 Å². The second-order valence-corrected chi connectivity index (χ2v) is 12.6. The number of carbonyl (C=O) groups excluding carboxylic acids is 1. The fourth-order valence-corrected chi connectivity index (χ4v) is 5.39. The number of aryl methyl sites for hydroxylation is 1. The van der Waals surface area contributed by atoms with Gasteiger partial charge in [-0.1, -0.05) is 31.5 Å². The lowest BCUT2D eigenvalue weighted by atomic mass is 9.72. The van der Waals surface area contributed by atoms with Gasteiger partial charge in [0.05, 0.1) is 17.0 Å². The van der Waals surface area contributed by atoms with Crippen molar-refractivity contribution in [1.29, 1.82) is 0 Å². The minimum Gasteiger partial charge on any atom is -0.380 e. The molecule has 1 unspecified atom stereocenters. The molecule has 1 aromatic carbocycles. The van der Waals surface area contributed by atoms with Crippen molar-refractivity contribution in [2.24, 2.45) is 5.73 Å². The van der Waals surface area contributed by atoms with Crippen LogP contribution in [-0.4, -0.2) is 46.4 Å². The van der Waals surface area contributed by atoms with Gasteiger partial charge in [-0.25, -0.2) is 13.4 Å². The summed E-state index contributed by atoms with van der Waals surface area (Å²) in [5.41, 5.74) is 2.54. The number of hydrogen-bond acceptors (Lipinski definition) is 5. The van der Waals surface area contributed by atoms with E-state index in [0.29, 0.717) is 16.5 Å². The molecule has 0 spiro atoms. The maximum absolute atomic E-state index is 14.3. The number of nitrogens with one attached hydrogen (secondary N) is 1. The summed E-state index contributed by atoms with van der Waals surface area (Å²) < 4.78 is 67.7. The zero-order valence-corrected chi connectivity index (χ0v) is 21.5. The summed E-state index contributed by atoms with van der Waals surface area (Å²) >= 11 is 0. The summed E-state index contributed by atoms with van der Waals surface area (Å²) in [4.78, 5) is 18.7. The molecule has 4 N–H and O–H groups in total. The van der Waals surface area contributed by atoms with E-state index in [1.54, 1.807) is 19.1 Å². The average molecular weight is 526 g/mol. The zero-order chi connectivity index (χ0) is 27.3. The minimum absolute atomic E-state index is 0.0561. The van der Waals surface area contributed by atoms with Gasteiger partial charge in [-0.15, -0.1) is 0 Å². The molecule has 0 aliphatic rings. The number of halogens is 3. The number of hydrogen-bond donors (Lipinski definition) is 3. The Morgan fingerprint density at radius 3 is 2.36 bits per heavy atom. The third kappa shape index (κ3) is 5.27. The van der Waals surface area contributed by atoms with E-state index in [2.05, 4.69) is 9.97 Å². The Labute approximate surface area is 207 Å². The number of nitrogens with zero attached hydrogens (tertiary/aromatic N) is 1. The van der Waals surface area contributed by atoms with E-state index >= 15 is 0 Å². The lowest BCUT2D eigenvalue weighted by Crippen LogP contribution is -2.51. The Bertz CT molecular complexity index is 1410. The maximum atomic E-state index is 14.3. The van der Waals surface area contributed by atoms with Crippen molar-refractivity contribution in [2.45, 2.75) is 74.9 Å². The molecule has 36 heavy (non-hydrogen) atoms. The summed E-state index contributed by atoms with van der Waals surface area (Å²) in [6, 6.07) is 7.41. The number of benzene rings is 1. The molecule has 196 valence electrons. The number of primary amides is 1. The van der Waals surface area contributed by atoms with Crippen molar-refractivity contribution in [3.8, 4) is 0 Å². The van der Waals surface area contributed by atoms with E-state index in [9.17, 15) is 31.5 Å². The summed E-state index contributed by atoms with van der Waals surface area (Å²) in [5.74, 6) is -0.771. The van der Waals surface area contributed by atoms with E-state index < -0.39 is 51.0 Å². The van der Waals surface area contributed by atoms with E-state index in [-0.39, 0.29) is 16.3 Å². The molecule has 2 heterocycles. The van der Waals surface area contributed by atoms with Crippen molar-refractivity contribution >= 4 is 26.6 Å². The van der Waals surface area contributed by atoms with Crippen molar-refractivity contribution in [3.05, 3.63) is 58.9 Å². The van der Waals surface area contributed by atoms with Crippen LogP contribution in [0.1, 0.15) is 61.3 Å². The predicted octanol–water partition coefficient (Wildman–Crippen LogP) is 4.36. The zero-order valence-electron chi connectivity index (χ0n) is 20.7. The van der Waals surface area contributed by atoms with Crippen LogP contribution >= 0.6 is 0 Å². The number of carbonyl (C=O) groups is 1. The van der Waals surface area contributed by atoms with Crippen LogP contribution in [0.3, 0.4) is 0 Å². The number of sulfone groups is 1. The molecule has 0 saturated heterocycles. The Morgan fingerprint density at radius 2 is 1.81 bits per heavy atom. The molecular formula is C25H30F3N3O4S. The van der Waals surface area contributed by atoms with Crippen LogP contribution < -0.4 is 5.73 Å². The van der Waals surface area contributed by atoms with Crippen LogP contribution in [0.25, 0.3) is 10.9 Å². The molecule has 1 amide bonds. The highest BCUT2D eigenvalue weighted by Gasteiger charge is 2.56. The number of rotatable bonds is 8. The van der Waals surface area contributed by atoms with Crippen molar-refractivity contribution in [3.63, 3.8) is 0 Å². The average Bonchev–Trinajstić information content (AvgIpc) is 3.13. The molecule has 0 aliphatic carbocycles. The van der Waals surface area contributed by atoms with Gasteiger partial charge in [0.1, 0.15) is 0 Å². The fourth-order valence-electron chi connectivity index (χ4n) is 4.42. The van der Waals surface area contributed by atoms with Crippen LogP contribution in [0.2, 0.25) is 0 Å². The standard InChI is InChI=1S/C25H30F3N3O4S/c1-14(2)36(34,35)21-10-16-9-17(31-20(16)12-30-21)11-24(33,25(26,27)28)13-23(4,5)19-7-6-15(3)8-18(19)22(29)32/h6-10,12,14,31,33H,11,13H2,1-5H3,(H2,29,32). The molecule has 0 aliphatic heterocycles. The van der Waals surface area contributed by atoms with Gasteiger partial charge in [-0.2, -0.15) is 13.2 Å². The molecule has 3 rings (SSSR count). The van der Waals surface area contributed by atoms with Crippen LogP contribution in [0.4, 0.5) is 13.2 Å². The van der Waals surface area contributed by atoms with Gasteiger partial charge < -0.3 is 15.8 Å². The Morgan fingerprint density at radius 1 is 1.17 bits per heavy atom. The number of H-pyrrole nitrogens is 1. The van der Waals surface area contributed by atoms with Crippen LogP contribution in [0.5, 0.6) is 0 Å². The first kappa shape index (κ1) is 27.7. The number of aliphatic hydroxyl groups is 1. The number of aromatic amines is 1. The quantitative estimate of drug-likeness (QED) is 0.403. The van der Waals surface area contributed by atoms with Gasteiger partial charge in [-0.3, -0.25) is 4.79 Å². The van der Waals surface area contributed by atoms with Gasteiger partial charge in [0.25, 0.3) is 0 Å². The molecule has 0 fully saturated rings. The first-order valence-corrected chi connectivity index (χ1v) is 12.8. The van der Waals surface area contributed by atoms with Crippen LogP contribution in [0, 0.1) is 6.92 Å². The SMILES string of the molecule is Cc1ccc(C(C)(C)CC(O)(Cc2cc3cc(S(=O)(=O)C(C)C)ncc3[nH]2)C(F)(F)F)c(C(N)=O)c1. The molecular weight excluding hydrogens is 495 g/mol. The third-order valence-electron chi connectivity index (χ3n) is 6.36. The van der Waals surface area contributed by atoms with Crippen LogP contribution in [-0.2, 0) is 21.7 Å². The summed E-state index contributed by atoms with van der Waals surface area (Å²) in [5, 5.41) is 10.5. The molecule has 3 aromatic rings. The molecule has 11 heteroatoms. The Hall–Kier alpha value is -2.92. The lowest BCUT2D eigenvalue weighted by Gasteiger charge is -2.38. The molecule has 0 saturated carbocycles. The smallest absolute Gasteiger partial charge is 0.380 e. The first-order valence-electron chi connectivity index (χ1n) is 11.3. The Balaban J connectivity index is 2.02. The Kier molecular flexibility index (Phi) is 7.06. The maximum Gasteiger partial charge on any atom is 0.417 e. The molecule has 7 nitrogen and oxygen atoms in total. The monoisotopic (exact) mass is 525 g/mol. The number of pyridine rings is 1. The van der Waals surface area contributed by atoms with Gasteiger partial charge in [0, 0.05) is 23.1 Å². The van der Waals surface area contributed by atoms with Crippen molar-refractivity contribution < 1.29 is 31.5 Å². The summed E-state index contributed by atoms with van der Waals surface area (Å²) in [6.07, 6.45) is -5.34. The van der Waals surface area contributed by atoms with Crippen molar-refractivity contribution in [1.82, 2.24) is 9.97 Å². The number of nitrogens with two attached hydrogens (primary N) is 1. The van der Waals surface area contributed by atoms with Crippen molar-refractivity contribution in [2.75, 3.05) is 0 Å². The molecule has 2 aromatic heterocycles. The van der Waals surface area contributed by atoms with E-state index in [4.69, 9.17) is 5.73 Å². The lowest BCUT2D eigenvalue weighted by molar-refractivity contribution is -0.266. The normalized spacial score (nSPS) is 14.8. The number of alkyl halides is 3. The highest BCUT2D eigenvalue weighted by molar-refractivity contribution is 7.91. The largest absolute Gasteiger partial charge is 0.417 e. The van der Waals surface area contributed by atoms with Gasteiger partial charge in [-0.05, 0) is 56.4 Å². The minimum atomic E-state index is -5.01. The molecule has 0 bridgehead atoms. The summed E-state index contributed by atoms with van der Waals surface area (Å²) in [7, 11) is -3.68. The number of aromatic nitrogens is 2. The van der Waals surface area contributed by atoms with E-state index in [1.165, 1.54) is 52.1 Å². The third-order valence-corrected chi connectivity index (χ3v) is 8.41. The number of fused-ring (bicyclic) bond motifs is 1. The predicted molar refractivity (Wildman–Crippen MR) is 130 cm³/mol. The van der Waals surface area contributed by atoms with E-state index in [1.807, 2.05) is 0 Å². The van der Waals surface area contributed by atoms with E-state index in [0.717, 1.165) is 5.56 Å². The second kappa shape index (κ2) is 9.19. The number of amides is 1.